The van der Waals surface area contributed by atoms with Crippen molar-refractivity contribution in [1.29, 1.82) is 0 Å². The molecule has 94 valence electrons. The van der Waals surface area contributed by atoms with Crippen molar-refractivity contribution in [2.45, 2.75) is 32.2 Å². The molecule has 5 heteroatoms. The molecular formula is C12H18N2O2S. The van der Waals surface area contributed by atoms with Gasteiger partial charge in [-0.15, -0.1) is 11.3 Å². The minimum atomic E-state index is -0.642. The van der Waals surface area contributed by atoms with Crippen LogP contribution in [0.5, 0.6) is 0 Å². The van der Waals surface area contributed by atoms with Crippen molar-refractivity contribution in [3.8, 4) is 0 Å². The van der Waals surface area contributed by atoms with Crippen LogP contribution in [0.3, 0.4) is 0 Å². The number of hydrogen-bond donors (Lipinski definition) is 2. The topological polar surface area (TPSA) is 62.2 Å². The minimum Gasteiger partial charge on any atom is -0.481 e. The second kappa shape index (κ2) is 5.60. The number of carboxylic acids is 1. The molecule has 17 heavy (non-hydrogen) atoms. The minimum absolute atomic E-state index is 0.161. The van der Waals surface area contributed by atoms with Gasteiger partial charge in [0.1, 0.15) is 5.01 Å². The van der Waals surface area contributed by atoms with Gasteiger partial charge in [-0.1, -0.05) is 6.42 Å². The summed E-state index contributed by atoms with van der Waals surface area (Å²) in [4.78, 5) is 15.3. The first-order valence-corrected chi connectivity index (χ1v) is 6.92. The van der Waals surface area contributed by atoms with Crippen molar-refractivity contribution < 1.29 is 9.90 Å². The van der Waals surface area contributed by atoms with Crippen LogP contribution in [-0.4, -0.2) is 22.6 Å². The molecule has 1 aliphatic carbocycles. The maximum atomic E-state index is 11.0. The van der Waals surface area contributed by atoms with E-state index in [9.17, 15) is 4.79 Å². The highest BCUT2D eigenvalue weighted by atomic mass is 32.1. The summed E-state index contributed by atoms with van der Waals surface area (Å²) < 4.78 is 0. The average Bonchev–Trinajstić information content (AvgIpc) is 2.96. The van der Waals surface area contributed by atoms with E-state index in [1.807, 2.05) is 5.38 Å². The number of rotatable bonds is 5. The van der Waals surface area contributed by atoms with Crippen molar-refractivity contribution in [3.05, 3.63) is 16.6 Å². The standard InChI is InChI=1S/C12H18N2O2S/c1-8(11-13-5-6-17-11)14-7-9-3-2-4-10(9)12(15)16/h5-6,8-10,14H,2-4,7H2,1H3,(H,15,16). The maximum absolute atomic E-state index is 11.0. The van der Waals surface area contributed by atoms with Crippen LogP contribution < -0.4 is 5.32 Å². The molecule has 2 N–H and O–H groups in total. The van der Waals surface area contributed by atoms with Crippen molar-refractivity contribution in [2.75, 3.05) is 6.54 Å². The van der Waals surface area contributed by atoms with Crippen LogP contribution in [0.15, 0.2) is 11.6 Å². The van der Waals surface area contributed by atoms with Crippen LogP contribution in [0.1, 0.15) is 37.2 Å². The zero-order chi connectivity index (χ0) is 12.3. The van der Waals surface area contributed by atoms with Gasteiger partial charge in [-0.2, -0.15) is 0 Å². The third-order valence-corrected chi connectivity index (χ3v) is 4.44. The van der Waals surface area contributed by atoms with E-state index < -0.39 is 5.97 Å². The van der Waals surface area contributed by atoms with Gasteiger partial charge in [0, 0.05) is 11.6 Å². The summed E-state index contributed by atoms with van der Waals surface area (Å²) in [5, 5.41) is 15.5. The SMILES string of the molecule is CC(NCC1CCCC1C(=O)O)c1nccs1. The lowest BCUT2D eigenvalue weighted by Gasteiger charge is -2.19. The molecule has 3 atom stereocenters. The molecule has 2 rings (SSSR count). The second-order valence-electron chi connectivity index (χ2n) is 4.64. The lowest BCUT2D eigenvalue weighted by Crippen LogP contribution is -2.30. The van der Waals surface area contributed by atoms with Crippen LogP contribution in [0.2, 0.25) is 0 Å². The molecule has 4 nitrogen and oxygen atoms in total. The van der Waals surface area contributed by atoms with E-state index in [0.717, 1.165) is 30.8 Å². The van der Waals surface area contributed by atoms with Gasteiger partial charge in [0.15, 0.2) is 0 Å². The Morgan fingerprint density at radius 2 is 2.53 bits per heavy atom. The Morgan fingerprint density at radius 3 is 3.18 bits per heavy atom. The third kappa shape index (κ3) is 3.04. The van der Waals surface area contributed by atoms with Gasteiger partial charge in [-0.3, -0.25) is 4.79 Å². The Balaban J connectivity index is 1.83. The van der Waals surface area contributed by atoms with Gasteiger partial charge in [0.2, 0.25) is 0 Å². The van der Waals surface area contributed by atoms with Gasteiger partial charge in [-0.25, -0.2) is 4.98 Å². The molecule has 0 spiro atoms. The monoisotopic (exact) mass is 254 g/mol. The highest BCUT2D eigenvalue weighted by Crippen LogP contribution is 2.31. The summed E-state index contributed by atoms with van der Waals surface area (Å²) in [5.41, 5.74) is 0. The third-order valence-electron chi connectivity index (χ3n) is 3.48. The molecule has 1 heterocycles. The second-order valence-corrected chi connectivity index (χ2v) is 5.56. The van der Waals surface area contributed by atoms with Crippen LogP contribution >= 0.6 is 11.3 Å². The Labute approximate surface area is 105 Å². The number of carboxylic acid groups (broad SMARTS) is 1. The zero-order valence-corrected chi connectivity index (χ0v) is 10.7. The van der Waals surface area contributed by atoms with Crippen LogP contribution in [0.25, 0.3) is 0 Å². The van der Waals surface area contributed by atoms with Crippen LogP contribution in [-0.2, 0) is 4.79 Å². The summed E-state index contributed by atoms with van der Waals surface area (Å²) in [6.45, 7) is 2.85. The summed E-state index contributed by atoms with van der Waals surface area (Å²) in [6.07, 6.45) is 4.69. The lowest BCUT2D eigenvalue weighted by molar-refractivity contribution is -0.142. The normalized spacial score (nSPS) is 25.9. The number of hydrogen-bond acceptors (Lipinski definition) is 4. The van der Waals surface area contributed by atoms with Gasteiger partial charge in [0.25, 0.3) is 0 Å². The number of aliphatic carboxylic acids is 1. The highest BCUT2D eigenvalue weighted by molar-refractivity contribution is 7.09. The molecule has 0 aromatic carbocycles. The lowest BCUT2D eigenvalue weighted by atomic mass is 9.96. The van der Waals surface area contributed by atoms with E-state index in [0.29, 0.717) is 0 Å². The van der Waals surface area contributed by atoms with Gasteiger partial charge in [-0.05, 0) is 32.2 Å². The molecule has 0 amide bonds. The highest BCUT2D eigenvalue weighted by Gasteiger charge is 2.32. The fraction of sp³-hybridized carbons (Fsp3) is 0.667. The smallest absolute Gasteiger partial charge is 0.306 e. The number of nitrogens with one attached hydrogen (secondary N) is 1. The van der Waals surface area contributed by atoms with Crippen molar-refractivity contribution in [2.24, 2.45) is 11.8 Å². The summed E-state index contributed by atoms with van der Waals surface area (Å²) in [5.74, 6) is -0.530. The molecule has 0 saturated heterocycles. The Morgan fingerprint density at radius 1 is 1.71 bits per heavy atom. The number of aromatic nitrogens is 1. The average molecular weight is 254 g/mol. The Kier molecular flexibility index (Phi) is 4.12. The van der Waals surface area contributed by atoms with Gasteiger partial charge < -0.3 is 10.4 Å². The van der Waals surface area contributed by atoms with Crippen molar-refractivity contribution in [1.82, 2.24) is 10.3 Å². The summed E-state index contributed by atoms with van der Waals surface area (Å²) in [6, 6.07) is 0.213. The maximum Gasteiger partial charge on any atom is 0.306 e. The molecule has 0 aliphatic heterocycles. The molecule has 1 saturated carbocycles. The number of nitrogens with zero attached hydrogens (tertiary/aromatic N) is 1. The zero-order valence-electron chi connectivity index (χ0n) is 9.93. The molecular weight excluding hydrogens is 236 g/mol. The Bertz CT molecular complexity index is 367. The first-order chi connectivity index (χ1) is 8.18. The van der Waals surface area contributed by atoms with E-state index in [4.69, 9.17) is 5.11 Å². The van der Waals surface area contributed by atoms with E-state index in [1.54, 1.807) is 17.5 Å². The molecule has 1 aromatic heterocycles. The van der Waals surface area contributed by atoms with Gasteiger partial charge >= 0.3 is 5.97 Å². The van der Waals surface area contributed by atoms with Crippen molar-refractivity contribution in [3.63, 3.8) is 0 Å². The molecule has 1 fully saturated rings. The van der Waals surface area contributed by atoms with E-state index in [2.05, 4.69) is 17.2 Å². The van der Waals surface area contributed by atoms with Crippen molar-refractivity contribution >= 4 is 17.3 Å². The predicted octanol–water partition coefficient (Wildman–Crippen LogP) is 2.29. The molecule has 3 unspecified atom stereocenters. The van der Waals surface area contributed by atoms with Crippen LogP contribution in [0, 0.1) is 11.8 Å². The quantitative estimate of drug-likeness (QED) is 0.846. The summed E-state index contributed by atoms with van der Waals surface area (Å²) in [7, 11) is 0. The predicted molar refractivity (Wildman–Crippen MR) is 67.0 cm³/mol. The largest absolute Gasteiger partial charge is 0.481 e. The number of thiazole rings is 1. The van der Waals surface area contributed by atoms with E-state index >= 15 is 0 Å². The Hall–Kier alpha value is -0.940. The van der Waals surface area contributed by atoms with E-state index in [-0.39, 0.29) is 17.9 Å². The van der Waals surface area contributed by atoms with E-state index in [1.165, 1.54) is 0 Å². The summed E-state index contributed by atoms with van der Waals surface area (Å²) >= 11 is 1.63. The fourth-order valence-electron chi connectivity index (χ4n) is 2.47. The van der Waals surface area contributed by atoms with Gasteiger partial charge in [0.05, 0.1) is 12.0 Å². The van der Waals surface area contributed by atoms with Crippen LogP contribution in [0.4, 0.5) is 0 Å². The number of carbonyl (C=O) groups is 1. The molecule has 1 aliphatic rings. The first kappa shape index (κ1) is 12.5. The molecule has 0 radical (unpaired) electrons. The molecule has 0 bridgehead atoms. The molecule has 1 aromatic rings. The fourth-order valence-corrected chi connectivity index (χ4v) is 3.14. The first-order valence-electron chi connectivity index (χ1n) is 6.04.